The molecule has 0 saturated heterocycles. The summed E-state index contributed by atoms with van der Waals surface area (Å²) in [5, 5.41) is 13.8. The summed E-state index contributed by atoms with van der Waals surface area (Å²) in [5.74, 6) is 0. The summed E-state index contributed by atoms with van der Waals surface area (Å²) in [7, 11) is 1.83. The van der Waals surface area contributed by atoms with Crippen LogP contribution in [0.4, 0.5) is 5.69 Å². The van der Waals surface area contributed by atoms with Gasteiger partial charge in [0.2, 0.25) is 0 Å². The van der Waals surface area contributed by atoms with Crippen LogP contribution in [-0.4, -0.2) is 25.2 Å². The zero-order valence-electron chi connectivity index (χ0n) is 10.3. The van der Waals surface area contributed by atoms with Crippen molar-refractivity contribution in [2.24, 2.45) is 0 Å². The molecule has 0 spiro atoms. The van der Waals surface area contributed by atoms with Gasteiger partial charge in [-0.3, -0.25) is 10.1 Å². The van der Waals surface area contributed by atoms with Crippen molar-refractivity contribution >= 4 is 11.3 Å². The molecular weight excluding hydrogens is 232 g/mol. The molecule has 0 bridgehead atoms. The number of ether oxygens (including phenoxy) is 1. The first kappa shape index (κ1) is 12.7. The average Bonchev–Trinajstić information content (AvgIpc) is 2.40. The maximum Gasteiger partial charge on any atom is 0.269 e. The molecule has 18 heavy (non-hydrogen) atoms. The number of non-ortho nitro benzene ring substituents is 1. The van der Waals surface area contributed by atoms with Gasteiger partial charge in [-0.15, -0.1) is 0 Å². The molecule has 0 saturated carbocycles. The molecule has 0 amide bonds. The van der Waals surface area contributed by atoms with Gasteiger partial charge in [-0.1, -0.05) is 6.08 Å². The highest BCUT2D eigenvalue weighted by Crippen LogP contribution is 2.27. The third kappa shape index (κ3) is 2.75. The van der Waals surface area contributed by atoms with E-state index in [4.69, 9.17) is 4.74 Å². The van der Waals surface area contributed by atoms with Crippen LogP contribution in [0.3, 0.4) is 0 Å². The number of hydrogen-bond acceptors (Lipinski definition) is 4. The van der Waals surface area contributed by atoms with Crippen molar-refractivity contribution in [2.45, 2.75) is 13.0 Å². The average molecular weight is 248 g/mol. The Balaban J connectivity index is 2.39. The molecule has 0 aromatic heterocycles. The Morgan fingerprint density at radius 1 is 1.50 bits per heavy atom. The molecule has 0 radical (unpaired) electrons. The second kappa shape index (κ2) is 5.75. The first-order valence-corrected chi connectivity index (χ1v) is 5.91. The predicted octanol–water partition coefficient (Wildman–Crippen LogP) is 2.12. The van der Waals surface area contributed by atoms with Crippen LogP contribution >= 0.6 is 0 Å². The van der Waals surface area contributed by atoms with Crippen molar-refractivity contribution in [2.75, 3.05) is 20.3 Å². The van der Waals surface area contributed by atoms with E-state index in [1.165, 1.54) is 5.57 Å². The van der Waals surface area contributed by atoms with E-state index in [9.17, 15) is 10.1 Å². The van der Waals surface area contributed by atoms with Gasteiger partial charge >= 0.3 is 0 Å². The Bertz CT molecular complexity index is 483. The van der Waals surface area contributed by atoms with E-state index in [0.717, 1.165) is 17.5 Å². The molecule has 0 atom stereocenters. The highest BCUT2D eigenvalue weighted by atomic mass is 16.6. The molecule has 1 N–H and O–H groups in total. The predicted molar refractivity (Wildman–Crippen MR) is 69.3 cm³/mol. The van der Waals surface area contributed by atoms with Gasteiger partial charge in [0.05, 0.1) is 18.1 Å². The third-order valence-corrected chi connectivity index (χ3v) is 2.98. The lowest BCUT2D eigenvalue weighted by Crippen LogP contribution is -2.10. The van der Waals surface area contributed by atoms with Crippen molar-refractivity contribution < 1.29 is 9.66 Å². The molecule has 1 aliphatic rings. The first-order valence-electron chi connectivity index (χ1n) is 5.91. The maximum absolute atomic E-state index is 10.8. The van der Waals surface area contributed by atoms with E-state index < -0.39 is 0 Å². The first-order chi connectivity index (χ1) is 8.72. The van der Waals surface area contributed by atoms with Gasteiger partial charge in [-0.25, -0.2) is 0 Å². The van der Waals surface area contributed by atoms with Crippen molar-refractivity contribution in [3.05, 3.63) is 45.5 Å². The summed E-state index contributed by atoms with van der Waals surface area (Å²) in [6.07, 6.45) is 2.90. The fourth-order valence-electron chi connectivity index (χ4n) is 2.12. The van der Waals surface area contributed by atoms with Crippen molar-refractivity contribution in [3.63, 3.8) is 0 Å². The smallest absolute Gasteiger partial charge is 0.269 e. The quantitative estimate of drug-likeness (QED) is 0.654. The lowest BCUT2D eigenvalue weighted by Gasteiger charge is -2.16. The molecular formula is C13H16N2O3. The van der Waals surface area contributed by atoms with E-state index in [-0.39, 0.29) is 10.6 Å². The largest absolute Gasteiger partial charge is 0.377 e. The van der Waals surface area contributed by atoms with Crippen LogP contribution in [0.2, 0.25) is 0 Å². The standard InChI is InChI=1S/C13H16N2O3/c1-14-9-11-8-12(15(16)17)2-3-13(11)10-4-6-18-7-5-10/h2-4,8,14H,5-7,9H2,1H3. The van der Waals surface area contributed by atoms with Crippen LogP contribution in [0.25, 0.3) is 5.57 Å². The Labute approximate surface area is 106 Å². The molecule has 2 rings (SSSR count). The van der Waals surface area contributed by atoms with Gasteiger partial charge in [-0.2, -0.15) is 0 Å². The summed E-state index contributed by atoms with van der Waals surface area (Å²) in [4.78, 5) is 10.4. The van der Waals surface area contributed by atoms with Crippen molar-refractivity contribution in [1.29, 1.82) is 0 Å². The van der Waals surface area contributed by atoms with E-state index in [0.29, 0.717) is 19.8 Å². The summed E-state index contributed by atoms with van der Waals surface area (Å²) in [6.45, 7) is 1.95. The van der Waals surface area contributed by atoms with Crippen LogP contribution in [0.15, 0.2) is 24.3 Å². The lowest BCUT2D eigenvalue weighted by molar-refractivity contribution is -0.384. The van der Waals surface area contributed by atoms with E-state index in [1.807, 2.05) is 19.2 Å². The molecule has 5 nitrogen and oxygen atoms in total. The SMILES string of the molecule is CNCc1cc([N+](=O)[O-])ccc1C1=CCOCC1. The minimum absolute atomic E-state index is 0.136. The third-order valence-electron chi connectivity index (χ3n) is 2.98. The molecule has 0 unspecified atom stereocenters. The highest BCUT2D eigenvalue weighted by molar-refractivity contribution is 5.70. The minimum Gasteiger partial charge on any atom is -0.377 e. The number of rotatable bonds is 4. The number of nitro benzene ring substituents is 1. The van der Waals surface area contributed by atoms with Crippen LogP contribution in [0.5, 0.6) is 0 Å². The van der Waals surface area contributed by atoms with Gasteiger partial charge < -0.3 is 10.1 Å². The number of nitrogens with one attached hydrogen (secondary N) is 1. The molecule has 1 aromatic rings. The summed E-state index contributed by atoms with van der Waals surface area (Å²) in [6, 6.07) is 5.04. The molecule has 5 heteroatoms. The Hall–Kier alpha value is -1.72. The monoisotopic (exact) mass is 248 g/mol. The Morgan fingerprint density at radius 2 is 2.33 bits per heavy atom. The van der Waals surface area contributed by atoms with Crippen LogP contribution < -0.4 is 5.32 Å². The maximum atomic E-state index is 10.8. The molecule has 0 aliphatic carbocycles. The van der Waals surface area contributed by atoms with E-state index >= 15 is 0 Å². The van der Waals surface area contributed by atoms with Crippen molar-refractivity contribution in [1.82, 2.24) is 5.32 Å². The molecule has 1 heterocycles. The summed E-state index contributed by atoms with van der Waals surface area (Å²) >= 11 is 0. The van der Waals surface area contributed by atoms with Crippen LogP contribution in [0.1, 0.15) is 17.5 Å². The topological polar surface area (TPSA) is 64.4 Å². The van der Waals surface area contributed by atoms with Gasteiger partial charge in [-0.05, 0) is 36.2 Å². The zero-order chi connectivity index (χ0) is 13.0. The highest BCUT2D eigenvalue weighted by Gasteiger charge is 2.14. The normalized spacial score (nSPS) is 15.3. The molecule has 1 aliphatic heterocycles. The van der Waals surface area contributed by atoms with Gasteiger partial charge in [0.1, 0.15) is 0 Å². The number of nitrogens with zero attached hydrogens (tertiary/aromatic N) is 1. The second-order valence-electron chi connectivity index (χ2n) is 4.18. The summed E-state index contributed by atoms with van der Waals surface area (Å²) < 4.78 is 5.28. The zero-order valence-corrected chi connectivity index (χ0v) is 10.3. The van der Waals surface area contributed by atoms with Crippen LogP contribution in [-0.2, 0) is 11.3 Å². The van der Waals surface area contributed by atoms with E-state index in [2.05, 4.69) is 5.32 Å². The Kier molecular flexibility index (Phi) is 4.07. The van der Waals surface area contributed by atoms with Gasteiger partial charge in [0, 0.05) is 18.7 Å². The number of hydrogen-bond donors (Lipinski definition) is 1. The van der Waals surface area contributed by atoms with Crippen LogP contribution in [0, 0.1) is 10.1 Å². The van der Waals surface area contributed by atoms with Crippen molar-refractivity contribution in [3.8, 4) is 0 Å². The number of nitro groups is 1. The van der Waals surface area contributed by atoms with Gasteiger partial charge in [0.15, 0.2) is 0 Å². The molecule has 0 fully saturated rings. The van der Waals surface area contributed by atoms with Gasteiger partial charge in [0.25, 0.3) is 5.69 Å². The summed E-state index contributed by atoms with van der Waals surface area (Å²) in [5.41, 5.74) is 3.39. The van der Waals surface area contributed by atoms with E-state index in [1.54, 1.807) is 12.1 Å². The Morgan fingerprint density at radius 3 is 2.94 bits per heavy atom. The molecule has 1 aromatic carbocycles. The molecule has 96 valence electrons. The fourth-order valence-corrected chi connectivity index (χ4v) is 2.12. The minimum atomic E-state index is -0.360. The number of benzene rings is 1. The fraction of sp³-hybridized carbons (Fsp3) is 0.385. The lowest BCUT2D eigenvalue weighted by atomic mass is 9.96. The second-order valence-corrected chi connectivity index (χ2v) is 4.18.